The first kappa shape index (κ1) is 14.1. The Morgan fingerprint density at radius 3 is 2.63 bits per heavy atom. The second-order valence-electron chi connectivity index (χ2n) is 6.10. The zero-order chi connectivity index (χ0) is 14.4. The molecule has 0 fully saturated rings. The average molecular weight is 284 g/mol. The molecule has 1 heterocycles. The lowest BCUT2D eigenvalue weighted by Gasteiger charge is -2.28. The van der Waals surface area contributed by atoms with E-state index in [4.69, 9.17) is 17.3 Å². The van der Waals surface area contributed by atoms with Crippen LogP contribution in [0.2, 0.25) is 5.02 Å². The highest BCUT2D eigenvalue weighted by Gasteiger charge is 2.22. The molecule has 1 aromatic heterocycles. The van der Waals surface area contributed by atoms with Crippen LogP contribution in [0.3, 0.4) is 0 Å². The summed E-state index contributed by atoms with van der Waals surface area (Å²) in [5.74, 6) is 0.325. The van der Waals surface area contributed by atoms with Crippen molar-refractivity contribution in [2.24, 2.45) is 11.3 Å². The van der Waals surface area contributed by atoms with E-state index in [9.17, 15) is 4.39 Å². The van der Waals surface area contributed by atoms with Gasteiger partial charge in [0.05, 0.1) is 16.1 Å². The second-order valence-corrected chi connectivity index (χ2v) is 6.51. The van der Waals surface area contributed by atoms with Crippen LogP contribution in [-0.2, 0) is 6.54 Å². The number of fused-ring (bicyclic) bond motifs is 1. The summed E-state index contributed by atoms with van der Waals surface area (Å²) in [5, 5.41) is 0.0945. The number of nitrogen functional groups attached to an aromatic ring is 1. The van der Waals surface area contributed by atoms with Gasteiger partial charge in [0, 0.05) is 12.6 Å². The number of anilines is 1. The van der Waals surface area contributed by atoms with Gasteiger partial charge in [0.25, 0.3) is 0 Å². The standard InChI is InChI=1S/C14H19ClFN3/c1-8(14(2,3)4)7-19-12-5-9(15)10(16)6-11(12)18-13(19)17/h5-6,8H,7H2,1-4H3,(H2,17,18). The maximum Gasteiger partial charge on any atom is 0.201 e. The molecule has 0 saturated heterocycles. The highest BCUT2D eigenvalue weighted by atomic mass is 35.5. The first-order valence-corrected chi connectivity index (χ1v) is 6.68. The van der Waals surface area contributed by atoms with Gasteiger partial charge in [-0.3, -0.25) is 0 Å². The lowest BCUT2D eigenvalue weighted by molar-refractivity contribution is 0.236. The van der Waals surface area contributed by atoms with Gasteiger partial charge < -0.3 is 10.3 Å². The van der Waals surface area contributed by atoms with Crippen LogP contribution < -0.4 is 5.73 Å². The molecule has 0 bridgehead atoms. The molecule has 0 aliphatic rings. The summed E-state index contributed by atoms with van der Waals surface area (Å²) in [7, 11) is 0. The summed E-state index contributed by atoms with van der Waals surface area (Å²) in [4.78, 5) is 4.19. The Morgan fingerprint density at radius 2 is 2.05 bits per heavy atom. The van der Waals surface area contributed by atoms with Crippen molar-refractivity contribution in [1.29, 1.82) is 0 Å². The Kier molecular flexibility index (Phi) is 3.47. The fourth-order valence-corrected chi connectivity index (χ4v) is 2.04. The van der Waals surface area contributed by atoms with Crippen molar-refractivity contribution in [2.45, 2.75) is 34.2 Å². The van der Waals surface area contributed by atoms with Crippen molar-refractivity contribution < 1.29 is 4.39 Å². The third-order valence-electron chi connectivity index (χ3n) is 3.75. The van der Waals surface area contributed by atoms with Gasteiger partial charge in [-0.25, -0.2) is 9.37 Å². The molecule has 0 aliphatic heterocycles. The Bertz CT molecular complexity index is 613. The predicted octanol–water partition coefficient (Wildman–Crippen LogP) is 4.09. The number of nitrogens with two attached hydrogens (primary N) is 1. The van der Waals surface area contributed by atoms with E-state index >= 15 is 0 Å². The normalized spacial score (nSPS) is 14.0. The van der Waals surface area contributed by atoms with E-state index in [0.717, 1.165) is 12.1 Å². The minimum atomic E-state index is -0.470. The van der Waals surface area contributed by atoms with Crippen molar-refractivity contribution in [2.75, 3.05) is 5.73 Å². The quantitative estimate of drug-likeness (QED) is 0.902. The lowest BCUT2D eigenvalue weighted by atomic mass is 9.82. The van der Waals surface area contributed by atoms with Gasteiger partial charge in [-0.1, -0.05) is 39.3 Å². The van der Waals surface area contributed by atoms with E-state index in [-0.39, 0.29) is 10.4 Å². The molecule has 2 N–H and O–H groups in total. The minimum Gasteiger partial charge on any atom is -0.369 e. The molecule has 0 aliphatic carbocycles. The Labute approximate surface area is 117 Å². The first-order chi connectivity index (χ1) is 8.70. The van der Waals surface area contributed by atoms with E-state index < -0.39 is 5.82 Å². The summed E-state index contributed by atoms with van der Waals surface area (Å²) in [6.45, 7) is 9.43. The highest BCUT2D eigenvalue weighted by molar-refractivity contribution is 6.31. The van der Waals surface area contributed by atoms with E-state index in [1.165, 1.54) is 6.07 Å². The molecule has 5 heteroatoms. The molecule has 0 radical (unpaired) electrons. The Morgan fingerprint density at radius 1 is 1.42 bits per heavy atom. The molecular formula is C14H19ClFN3. The van der Waals surface area contributed by atoms with Gasteiger partial charge >= 0.3 is 0 Å². The smallest absolute Gasteiger partial charge is 0.201 e. The monoisotopic (exact) mass is 283 g/mol. The van der Waals surface area contributed by atoms with Crippen LogP contribution >= 0.6 is 11.6 Å². The molecule has 104 valence electrons. The largest absolute Gasteiger partial charge is 0.369 e. The number of halogens is 2. The topological polar surface area (TPSA) is 43.8 Å². The molecule has 3 nitrogen and oxygen atoms in total. The van der Waals surface area contributed by atoms with Gasteiger partial charge in [-0.05, 0) is 17.4 Å². The molecule has 2 rings (SSSR count). The number of hydrogen-bond acceptors (Lipinski definition) is 2. The van der Waals surface area contributed by atoms with Gasteiger partial charge in [0.2, 0.25) is 5.95 Å². The molecule has 1 aromatic carbocycles. The van der Waals surface area contributed by atoms with Crippen LogP contribution in [0.1, 0.15) is 27.7 Å². The number of nitrogens with zero attached hydrogens (tertiary/aromatic N) is 2. The number of imidazole rings is 1. The maximum absolute atomic E-state index is 13.4. The summed E-state index contributed by atoms with van der Waals surface area (Å²) in [6.07, 6.45) is 0. The van der Waals surface area contributed by atoms with Gasteiger partial charge in [-0.15, -0.1) is 0 Å². The zero-order valence-electron chi connectivity index (χ0n) is 11.7. The predicted molar refractivity (Wildman–Crippen MR) is 77.7 cm³/mol. The zero-order valence-corrected chi connectivity index (χ0v) is 12.4. The number of benzene rings is 1. The van der Waals surface area contributed by atoms with Crippen LogP contribution in [0.25, 0.3) is 11.0 Å². The fourth-order valence-electron chi connectivity index (χ4n) is 1.88. The molecule has 2 aromatic rings. The lowest BCUT2D eigenvalue weighted by Crippen LogP contribution is -2.23. The van der Waals surface area contributed by atoms with Crippen molar-refractivity contribution in [3.63, 3.8) is 0 Å². The summed E-state index contributed by atoms with van der Waals surface area (Å²) in [5.41, 5.74) is 7.41. The molecule has 0 amide bonds. The maximum atomic E-state index is 13.4. The minimum absolute atomic E-state index is 0.0945. The Hall–Kier alpha value is -1.29. The average Bonchev–Trinajstić information content (AvgIpc) is 2.55. The van der Waals surface area contributed by atoms with Gasteiger partial charge in [0.15, 0.2) is 0 Å². The SMILES string of the molecule is CC(Cn1c(N)nc2cc(F)c(Cl)cc21)C(C)(C)C. The van der Waals surface area contributed by atoms with E-state index in [2.05, 4.69) is 32.7 Å². The van der Waals surface area contributed by atoms with Crippen LogP contribution in [0.4, 0.5) is 10.3 Å². The van der Waals surface area contributed by atoms with Crippen molar-refractivity contribution in [3.8, 4) is 0 Å². The van der Waals surface area contributed by atoms with E-state index in [1.54, 1.807) is 6.07 Å². The van der Waals surface area contributed by atoms with Crippen molar-refractivity contribution in [1.82, 2.24) is 9.55 Å². The molecular weight excluding hydrogens is 265 g/mol. The summed E-state index contributed by atoms with van der Waals surface area (Å²) in [6, 6.07) is 2.91. The molecule has 1 atom stereocenters. The summed E-state index contributed by atoms with van der Waals surface area (Å²) < 4.78 is 15.3. The molecule has 0 spiro atoms. The van der Waals surface area contributed by atoms with Crippen LogP contribution in [0, 0.1) is 17.2 Å². The highest BCUT2D eigenvalue weighted by Crippen LogP contribution is 2.30. The van der Waals surface area contributed by atoms with Crippen LogP contribution in [0.5, 0.6) is 0 Å². The summed E-state index contributed by atoms with van der Waals surface area (Å²) >= 11 is 5.84. The van der Waals surface area contributed by atoms with Crippen molar-refractivity contribution >= 4 is 28.6 Å². The molecule has 1 unspecified atom stereocenters. The molecule has 19 heavy (non-hydrogen) atoms. The van der Waals surface area contributed by atoms with Crippen LogP contribution in [-0.4, -0.2) is 9.55 Å². The third-order valence-corrected chi connectivity index (χ3v) is 4.04. The van der Waals surface area contributed by atoms with Gasteiger partial charge in [0.1, 0.15) is 5.82 Å². The van der Waals surface area contributed by atoms with E-state index in [0.29, 0.717) is 17.4 Å². The Balaban J connectivity index is 2.49. The number of hydrogen-bond donors (Lipinski definition) is 1. The first-order valence-electron chi connectivity index (χ1n) is 6.31. The fraction of sp³-hybridized carbons (Fsp3) is 0.500. The van der Waals surface area contributed by atoms with E-state index in [1.807, 2.05) is 4.57 Å². The number of rotatable bonds is 2. The van der Waals surface area contributed by atoms with Crippen LogP contribution in [0.15, 0.2) is 12.1 Å². The second kappa shape index (κ2) is 4.67. The molecule has 0 saturated carbocycles. The van der Waals surface area contributed by atoms with Crippen molar-refractivity contribution in [3.05, 3.63) is 23.0 Å². The van der Waals surface area contributed by atoms with Gasteiger partial charge in [-0.2, -0.15) is 0 Å². The third kappa shape index (κ3) is 2.68. The number of aromatic nitrogens is 2.